The summed E-state index contributed by atoms with van der Waals surface area (Å²) in [6, 6.07) is 1.46. The van der Waals surface area contributed by atoms with Crippen LogP contribution in [0.15, 0.2) is 34.1 Å². The average molecular weight is 362 g/mol. The fourth-order valence-electron chi connectivity index (χ4n) is 3.04. The first kappa shape index (κ1) is 16.2. The molecule has 0 unspecified atom stereocenters. The van der Waals surface area contributed by atoms with E-state index >= 15 is 0 Å². The number of H-pyrrole nitrogens is 1. The van der Waals surface area contributed by atoms with E-state index in [-0.39, 0.29) is 10.9 Å². The van der Waals surface area contributed by atoms with Crippen LogP contribution in [0.1, 0.15) is 17.6 Å². The van der Waals surface area contributed by atoms with Crippen LogP contribution in [0, 0.1) is 6.92 Å². The number of aromatic nitrogens is 4. The Morgan fingerprint density at radius 3 is 2.92 bits per heavy atom. The number of rotatable bonds is 3. The highest BCUT2D eigenvalue weighted by molar-refractivity contribution is 7.89. The number of nitrogens with zero attached hydrogens (tertiary/aromatic N) is 5. The van der Waals surface area contributed by atoms with Crippen molar-refractivity contribution >= 4 is 21.1 Å². The monoisotopic (exact) mass is 362 g/mol. The maximum absolute atomic E-state index is 13.1. The van der Waals surface area contributed by atoms with Crippen molar-refractivity contribution in [1.82, 2.24) is 29.3 Å². The number of fused-ring (bicyclic) bond motifs is 1. The van der Waals surface area contributed by atoms with Crippen LogP contribution in [0.3, 0.4) is 0 Å². The molecule has 1 N–H and O–H groups in total. The number of hydrogen-bond donors (Lipinski definition) is 1. The third kappa shape index (κ3) is 2.71. The number of nitrogens with one attached hydrogen (secondary N) is 1. The standard InChI is InChI=1S/C15H18N6O3S/c1-10-12-7-11(8-18-15(12)24-19-10)25(22,23)21-6-5-20(2)13(9-21)14-16-3-4-17-14/h3-4,7-8,13H,5-6,9H2,1-2H3,(H,16,17)/t13-/m0/s1. The summed E-state index contributed by atoms with van der Waals surface area (Å²) in [6.45, 7) is 3.11. The van der Waals surface area contributed by atoms with Crippen LogP contribution in [0.2, 0.25) is 0 Å². The summed E-state index contributed by atoms with van der Waals surface area (Å²) >= 11 is 0. The second kappa shape index (κ2) is 5.90. The van der Waals surface area contributed by atoms with Crippen molar-refractivity contribution in [3.05, 3.63) is 36.2 Å². The maximum Gasteiger partial charge on any atom is 0.257 e. The van der Waals surface area contributed by atoms with E-state index in [1.165, 1.54) is 10.5 Å². The summed E-state index contributed by atoms with van der Waals surface area (Å²) in [5, 5.41) is 4.43. The predicted octanol–water partition coefficient (Wildman–Crippen LogP) is 0.932. The summed E-state index contributed by atoms with van der Waals surface area (Å²) in [6.07, 6.45) is 4.73. The minimum atomic E-state index is -3.66. The Morgan fingerprint density at radius 2 is 2.16 bits per heavy atom. The van der Waals surface area contributed by atoms with Crippen molar-refractivity contribution in [1.29, 1.82) is 0 Å². The van der Waals surface area contributed by atoms with Crippen molar-refractivity contribution in [2.45, 2.75) is 17.9 Å². The van der Waals surface area contributed by atoms with Crippen LogP contribution >= 0.6 is 0 Å². The number of likely N-dealkylation sites (N-methyl/N-ethyl adjacent to an activating group) is 1. The van der Waals surface area contributed by atoms with Gasteiger partial charge in [0.2, 0.25) is 10.0 Å². The van der Waals surface area contributed by atoms with Gasteiger partial charge in [-0.3, -0.25) is 4.90 Å². The van der Waals surface area contributed by atoms with Crippen molar-refractivity contribution in [2.24, 2.45) is 0 Å². The molecule has 0 bridgehead atoms. The highest BCUT2D eigenvalue weighted by atomic mass is 32.2. The summed E-state index contributed by atoms with van der Waals surface area (Å²) in [5.41, 5.74) is 0.953. The molecule has 1 aliphatic heterocycles. The van der Waals surface area contributed by atoms with Gasteiger partial charge in [0.25, 0.3) is 5.71 Å². The van der Waals surface area contributed by atoms with E-state index in [1.807, 2.05) is 7.05 Å². The zero-order chi connectivity index (χ0) is 17.6. The number of pyridine rings is 1. The minimum absolute atomic E-state index is 0.118. The quantitative estimate of drug-likeness (QED) is 0.738. The molecule has 0 saturated carbocycles. The van der Waals surface area contributed by atoms with Gasteiger partial charge in [-0.25, -0.2) is 18.4 Å². The molecule has 1 saturated heterocycles. The van der Waals surface area contributed by atoms with E-state index in [4.69, 9.17) is 4.52 Å². The van der Waals surface area contributed by atoms with E-state index in [0.717, 1.165) is 5.82 Å². The summed E-state index contributed by atoms with van der Waals surface area (Å²) < 4.78 is 32.7. The van der Waals surface area contributed by atoms with Gasteiger partial charge in [0.05, 0.1) is 23.3 Å². The van der Waals surface area contributed by atoms with Gasteiger partial charge in [-0.1, -0.05) is 5.16 Å². The highest BCUT2D eigenvalue weighted by Crippen LogP contribution is 2.27. The number of sulfonamides is 1. The third-order valence-corrected chi connectivity index (χ3v) is 6.40. The zero-order valence-electron chi connectivity index (χ0n) is 13.9. The molecule has 1 aliphatic rings. The van der Waals surface area contributed by atoms with Crippen LogP contribution in [-0.2, 0) is 10.0 Å². The maximum atomic E-state index is 13.1. The third-order valence-electron chi connectivity index (χ3n) is 4.57. The molecule has 4 rings (SSSR count). The lowest BCUT2D eigenvalue weighted by molar-refractivity contribution is 0.142. The second-order valence-corrected chi connectivity index (χ2v) is 8.06. The lowest BCUT2D eigenvalue weighted by Crippen LogP contribution is -2.49. The fourth-order valence-corrected chi connectivity index (χ4v) is 4.45. The van der Waals surface area contributed by atoms with Gasteiger partial charge in [-0.05, 0) is 20.0 Å². The largest absolute Gasteiger partial charge is 0.347 e. The van der Waals surface area contributed by atoms with Crippen LogP contribution in [0.5, 0.6) is 0 Å². The van der Waals surface area contributed by atoms with Gasteiger partial charge < -0.3 is 9.51 Å². The van der Waals surface area contributed by atoms with Crippen LogP contribution in [0.25, 0.3) is 11.1 Å². The molecule has 0 amide bonds. The van der Waals surface area contributed by atoms with Gasteiger partial charge in [-0.15, -0.1) is 0 Å². The van der Waals surface area contributed by atoms with Gasteiger partial charge in [0.1, 0.15) is 10.7 Å². The molecule has 10 heteroatoms. The summed E-state index contributed by atoms with van der Waals surface area (Å²) in [7, 11) is -1.70. The van der Waals surface area contributed by atoms with Crippen molar-refractivity contribution in [3.63, 3.8) is 0 Å². The molecule has 3 aromatic heterocycles. The molecular weight excluding hydrogens is 344 g/mol. The molecule has 3 aromatic rings. The Kier molecular flexibility index (Phi) is 3.82. The molecule has 0 aromatic carbocycles. The van der Waals surface area contributed by atoms with Gasteiger partial charge >= 0.3 is 0 Å². The zero-order valence-corrected chi connectivity index (χ0v) is 14.7. The van der Waals surface area contributed by atoms with Gasteiger partial charge in [-0.2, -0.15) is 4.31 Å². The molecule has 9 nitrogen and oxygen atoms in total. The topological polar surface area (TPSA) is 108 Å². The Morgan fingerprint density at radius 1 is 1.32 bits per heavy atom. The van der Waals surface area contributed by atoms with E-state index < -0.39 is 10.0 Å². The Labute approximate surface area is 144 Å². The number of piperazine rings is 1. The first-order valence-corrected chi connectivity index (χ1v) is 9.32. The second-order valence-electron chi connectivity index (χ2n) is 6.13. The number of aryl methyl sites for hydroxylation is 1. The number of hydrogen-bond acceptors (Lipinski definition) is 7. The molecule has 4 heterocycles. The van der Waals surface area contributed by atoms with E-state index in [9.17, 15) is 8.42 Å². The van der Waals surface area contributed by atoms with E-state index in [0.29, 0.717) is 36.4 Å². The predicted molar refractivity (Wildman–Crippen MR) is 89.3 cm³/mol. The average Bonchev–Trinajstić information content (AvgIpc) is 3.25. The minimum Gasteiger partial charge on any atom is -0.347 e. The van der Waals surface area contributed by atoms with Gasteiger partial charge in [0, 0.05) is 32.0 Å². The Hall–Kier alpha value is -2.30. The van der Waals surface area contributed by atoms with Crippen LogP contribution < -0.4 is 0 Å². The van der Waals surface area contributed by atoms with E-state index in [1.54, 1.807) is 25.4 Å². The molecule has 0 spiro atoms. The number of imidazole rings is 1. The SMILES string of the molecule is Cc1noc2ncc(S(=O)(=O)N3CCN(C)[C@H](c4ncc[nH]4)C3)cc12. The summed E-state index contributed by atoms with van der Waals surface area (Å²) in [5.74, 6) is 0.755. The van der Waals surface area contributed by atoms with E-state index in [2.05, 4.69) is 25.0 Å². The van der Waals surface area contributed by atoms with Crippen LogP contribution in [0.4, 0.5) is 0 Å². The van der Waals surface area contributed by atoms with Gasteiger partial charge in [0.15, 0.2) is 0 Å². The smallest absolute Gasteiger partial charge is 0.257 e. The lowest BCUT2D eigenvalue weighted by atomic mass is 10.2. The molecule has 25 heavy (non-hydrogen) atoms. The molecule has 0 radical (unpaired) electrons. The fraction of sp³-hybridized carbons (Fsp3) is 0.400. The molecule has 1 fully saturated rings. The van der Waals surface area contributed by atoms with Crippen LogP contribution in [-0.4, -0.2) is 64.4 Å². The Bertz CT molecular complexity index is 998. The summed E-state index contributed by atoms with van der Waals surface area (Å²) in [4.78, 5) is 13.7. The van der Waals surface area contributed by atoms with Crippen molar-refractivity contribution < 1.29 is 12.9 Å². The Balaban J connectivity index is 1.67. The highest BCUT2D eigenvalue weighted by Gasteiger charge is 2.35. The first-order valence-electron chi connectivity index (χ1n) is 7.88. The first-order chi connectivity index (χ1) is 12.0. The molecular formula is C15H18N6O3S. The lowest BCUT2D eigenvalue weighted by Gasteiger charge is -2.37. The molecule has 132 valence electrons. The molecule has 1 atom stereocenters. The van der Waals surface area contributed by atoms with Crippen molar-refractivity contribution in [2.75, 3.05) is 26.7 Å². The normalized spacial score (nSPS) is 20.3. The van der Waals surface area contributed by atoms with Crippen molar-refractivity contribution in [3.8, 4) is 0 Å². The number of aromatic amines is 1. The molecule has 0 aliphatic carbocycles.